The molecule has 0 unspecified atom stereocenters. The van der Waals surface area contributed by atoms with Crippen LogP contribution in [0.15, 0.2) is 60.2 Å². The first-order valence-corrected chi connectivity index (χ1v) is 9.96. The van der Waals surface area contributed by atoms with Crippen LogP contribution in [0.5, 0.6) is 0 Å². The highest BCUT2D eigenvalue weighted by molar-refractivity contribution is 6.46. The van der Waals surface area contributed by atoms with Crippen molar-refractivity contribution in [2.75, 3.05) is 6.54 Å². The van der Waals surface area contributed by atoms with E-state index in [0.29, 0.717) is 17.0 Å². The molecule has 6 nitrogen and oxygen atoms in total. The molecule has 0 radical (unpaired) electrons. The number of ketones is 1. The second kappa shape index (κ2) is 8.95. The number of benzene rings is 2. The Bertz CT molecular complexity index is 976. The van der Waals surface area contributed by atoms with E-state index in [1.165, 1.54) is 4.90 Å². The van der Waals surface area contributed by atoms with E-state index in [1.807, 2.05) is 24.3 Å². The molecule has 6 heteroatoms. The van der Waals surface area contributed by atoms with Gasteiger partial charge in [0.05, 0.1) is 11.6 Å². The minimum atomic E-state index is -0.964. The molecule has 2 aromatic carbocycles. The van der Waals surface area contributed by atoms with Crippen molar-refractivity contribution < 1.29 is 24.6 Å². The third-order valence-corrected chi connectivity index (χ3v) is 5.30. The molecule has 1 amide bonds. The molecule has 3 rings (SSSR count). The number of amides is 1. The van der Waals surface area contributed by atoms with Crippen LogP contribution in [-0.2, 0) is 14.4 Å². The Morgan fingerprint density at radius 3 is 2.20 bits per heavy atom. The van der Waals surface area contributed by atoms with Crippen LogP contribution in [0, 0.1) is 0 Å². The zero-order chi connectivity index (χ0) is 21.8. The number of rotatable bonds is 7. The minimum Gasteiger partial charge on any atom is -0.507 e. The van der Waals surface area contributed by atoms with Crippen molar-refractivity contribution in [2.24, 2.45) is 0 Å². The number of Topliss-reactive ketones (excluding diaryl/α,β-unsaturated/α-hetero) is 1. The largest absolute Gasteiger partial charge is 0.507 e. The maximum atomic E-state index is 12.9. The Morgan fingerprint density at radius 1 is 1.00 bits per heavy atom. The lowest BCUT2D eigenvalue weighted by atomic mass is 9.93. The summed E-state index contributed by atoms with van der Waals surface area (Å²) in [5.41, 5.74) is 2.29. The van der Waals surface area contributed by atoms with Crippen LogP contribution in [0.4, 0.5) is 0 Å². The van der Waals surface area contributed by atoms with Crippen LogP contribution in [0.1, 0.15) is 55.3 Å². The Hall–Kier alpha value is -3.41. The molecule has 1 atom stereocenters. The van der Waals surface area contributed by atoms with Crippen molar-refractivity contribution in [1.29, 1.82) is 0 Å². The van der Waals surface area contributed by atoms with Crippen molar-refractivity contribution >= 4 is 23.4 Å². The molecule has 156 valence electrons. The summed E-state index contributed by atoms with van der Waals surface area (Å²) in [6.45, 7) is 4.25. The standard InChI is InChI=1S/C24H25NO5/c1-15(2)16-10-12-17(13-11-16)21-20(22(28)18-7-4-3-5-8-18)23(29)24(30)25(21)14-6-9-19(26)27/h3-5,7-8,10-13,15,21,28H,6,9,14H2,1-2H3,(H,26,27)/t21-/m0/s1. The van der Waals surface area contributed by atoms with Crippen molar-refractivity contribution in [2.45, 2.75) is 38.6 Å². The van der Waals surface area contributed by atoms with E-state index in [9.17, 15) is 19.5 Å². The number of carboxylic acids is 1. The van der Waals surface area contributed by atoms with Crippen LogP contribution in [-0.4, -0.2) is 39.3 Å². The lowest BCUT2D eigenvalue weighted by Crippen LogP contribution is -2.31. The Kier molecular flexibility index (Phi) is 6.35. The van der Waals surface area contributed by atoms with Crippen molar-refractivity contribution in [3.05, 3.63) is 76.9 Å². The van der Waals surface area contributed by atoms with Gasteiger partial charge < -0.3 is 15.1 Å². The van der Waals surface area contributed by atoms with Crippen LogP contribution in [0.25, 0.3) is 5.76 Å². The Labute approximate surface area is 175 Å². The maximum absolute atomic E-state index is 12.9. The van der Waals surface area contributed by atoms with E-state index in [-0.39, 0.29) is 30.7 Å². The van der Waals surface area contributed by atoms with Gasteiger partial charge in [0.2, 0.25) is 0 Å². The summed E-state index contributed by atoms with van der Waals surface area (Å²) in [7, 11) is 0. The summed E-state index contributed by atoms with van der Waals surface area (Å²) < 4.78 is 0. The number of carbonyl (C=O) groups is 3. The normalized spacial score (nSPS) is 18.2. The van der Waals surface area contributed by atoms with E-state index in [0.717, 1.165) is 5.56 Å². The van der Waals surface area contributed by atoms with Gasteiger partial charge in [-0.05, 0) is 23.5 Å². The van der Waals surface area contributed by atoms with Crippen LogP contribution in [0.3, 0.4) is 0 Å². The van der Waals surface area contributed by atoms with Crippen LogP contribution < -0.4 is 0 Å². The second-order valence-corrected chi connectivity index (χ2v) is 7.68. The van der Waals surface area contributed by atoms with Gasteiger partial charge in [-0.3, -0.25) is 14.4 Å². The van der Waals surface area contributed by atoms with E-state index in [4.69, 9.17) is 5.11 Å². The average molecular weight is 407 g/mol. The quantitative estimate of drug-likeness (QED) is 0.409. The molecule has 1 aliphatic heterocycles. The average Bonchev–Trinajstić information content (AvgIpc) is 2.98. The summed E-state index contributed by atoms with van der Waals surface area (Å²) >= 11 is 0. The molecule has 0 aromatic heterocycles. The number of aliphatic hydroxyl groups is 1. The number of carboxylic acid groups (broad SMARTS) is 1. The van der Waals surface area contributed by atoms with Crippen LogP contribution >= 0.6 is 0 Å². The van der Waals surface area contributed by atoms with Gasteiger partial charge in [-0.2, -0.15) is 0 Å². The highest BCUT2D eigenvalue weighted by Gasteiger charge is 2.45. The predicted octanol–water partition coefficient (Wildman–Crippen LogP) is 4.10. The summed E-state index contributed by atoms with van der Waals surface area (Å²) in [4.78, 5) is 37.9. The smallest absolute Gasteiger partial charge is 0.303 e. The highest BCUT2D eigenvalue weighted by Crippen LogP contribution is 2.39. The Balaban J connectivity index is 2.08. The van der Waals surface area contributed by atoms with Gasteiger partial charge in [0.1, 0.15) is 5.76 Å². The zero-order valence-electron chi connectivity index (χ0n) is 17.0. The molecule has 30 heavy (non-hydrogen) atoms. The first-order valence-electron chi connectivity index (χ1n) is 9.96. The number of likely N-dealkylation sites (tertiary alicyclic amines) is 1. The van der Waals surface area contributed by atoms with E-state index >= 15 is 0 Å². The lowest BCUT2D eigenvalue weighted by molar-refractivity contribution is -0.140. The van der Waals surface area contributed by atoms with Crippen molar-refractivity contribution in [3.63, 3.8) is 0 Å². The van der Waals surface area contributed by atoms with Gasteiger partial charge in [-0.15, -0.1) is 0 Å². The first kappa shape index (κ1) is 21.3. The number of nitrogens with zero attached hydrogens (tertiary/aromatic N) is 1. The van der Waals surface area contributed by atoms with E-state index < -0.39 is 23.7 Å². The molecule has 2 aromatic rings. The third kappa shape index (κ3) is 4.27. The van der Waals surface area contributed by atoms with Gasteiger partial charge in [-0.25, -0.2) is 0 Å². The fourth-order valence-corrected chi connectivity index (χ4v) is 3.67. The van der Waals surface area contributed by atoms with Gasteiger partial charge in [0.25, 0.3) is 11.7 Å². The van der Waals surface area contributed by atoms with Gasteiger partial charge >= 0.3 is 5.97 Å². The predicted molar refractivity (Wildman–Crippen MR) is 113 cm³/mol. The number of hydrogen-bond acceptors (Lipinski definition) is 4. The zero-order valence-corrected chi connectivity index (χ0v) is 17.0. The maximum Gasteiger partial charge on any atom is 0.303 e. The van der Waals surface area contributed by atoms with Gasteiger partial charge in [0.15, 0.2) is 0 Å². The topological polar surface area (TPSA) is 94.9 Å². The molecule has 1 heterocycles. The van der Waals surface area contributed by atoms with Crippen molar-refractivity contribution in [3.8, 4) is 0 Å². The molecule has 1 saturated heterocycles. The summed E-state index contributed by atoms with van der Waals surface area (Å²) in [5.74, 6) is -2.35. The van der Waals surface area contributed by atoms with E-state index in [1.54, 1.807) is 30.3 Å². The first-order chi connectivity index (χ1) is 14.3. The summed E-state index contributed by atoms with van der Waals surface area (Å²) in [6, 6.07) is 15.5. The highest BCUT2D eigenvalue weighted by atomic mass is 16.4. The minimum absolute atomic E-state index is 0.0267. The second-order valence-electron chi connectivity index (χ2n) is 7.68. The van der Waals surface area contributed by atoms with Gasteiger partial charge in [0, 0.05) is 18.5 Å². The van der Waals surface area contributed by atoms with Gasteiger partial charge in [-0.1, -0.05) is 68.4 Å². The molecule has 0 saturated carbocycles. The molecule has 0 bridgehead atoms. The molecule has 0 spiro atoms. The molecular weight excluding hydrogens is 382 g/mol. The SMILES string of the molecule is CC(C)c1ccc([C@H]2C(=C(O)c3ccccc3)C(=O)C(=O)N2CCCC(=O)O)cc1. The number of aliphatic hydroxyl groups excluding tert-OH is 1. The molecule has 0 aliphatic carbocycles. The molecule has 2 N–H and O–H groups in total. The lowest BCUT2D eigenvalue weighted by Gasteiger charge is -2.25. The van der Waals surface area contributed by atoms with E-state index in [2.05, 4.69) is 13.8 Å². The number of aliphatic carboxylic acids is 1. The molecule has 1 fully saturated rings. The summed E-state index contributed by atoms with van der Waals surface area (Å²) in [6.07, 6.45) is 0.106. The molecule has 1 aliphatic rings. The fourth-order valence-electron chi connectivity index (χ4n) is 3.67. The third-order valence-electron chi connectivity index (χ3n) is 5.30. The van der Waals surface area contributed by atoms with Crippen LogP contribution in [0.2, 0.25) is 0 Å². The molecular formula is C24H25NO5. The van der Waals surface area contributed by atoms with Crippen molar-refractivity contribution in [1.82, 2.24) is 4.90 Å². The summed E-state index contributed by atoms with van der Waals surface area (Å²) in [5, 5.41) is 19.8. The fraction of sp³-hybridized carbons (Fsp3) is 0.292. The monoisotopic (exact) mass is 407 g/mol. The number of carbonyl (C=O) groups excluding carboxylic acids is 2. The Morgan fingerprint density at radius 2 is 1.63 bits per heavy atom. The number of hydrogen-bond donors (Lipinski definition) is 2.